The molecule has 104 valence electrons. The number of hydrogen-bond donors (Lipinski definition) is 1. The minimum Gasteiger partial charge on any atom is -0.497 e. The number of aliphatic carboxylic acids is 1. The third-order valence-corrected chi connectivity index (χ3v) is 3.65. The number of carboxylic acids is 1. The second-order valence-corrected chi connectivity index (χ2v) is 5.42. The van der Waals surface area contributed by atoms with Crippen molar-refractivity contribution in [1.82, 2.24) is 4.90 Å². The molecule has 0 bridgehead atoms. The molecule has 1 fully saturated rings. The first-order valence-corrected chi connectivity index (χ1v) is 6.66. The average molecular weight is 263 g/mol. The number of carboxylic acid groups (broad SMARTS) is 1. The molecule has 4 heteroatoms. The first-order chi connectivity index (χ1) is 9.08. The van der Waals surface area contributed by atoms with Crippen LogP contribution in [0.15, 0.2) is 24.3 Å². The summed E-state index contributed by atoms with van der Waals surface area (Å²) in [5.41, 5.74) is 1.19. The summed E-state index contributed by atoms with van der Waals surface area (Å²) in [4.78, 5) is 13.4. The van der Waals surface area contributed by atoms with Crippen molar-refractivity contribution in [3.63, 3.8) is 0 Å². The summed E-state index contributed by atoms with van der Waals surface area (Å²) in [7, 11) is 1.65. The van der Waals surface area contributed by atoms with E-state index in [4.69, 9.17) is 9.84 Å². The Kier molecular flexibility index (Phi) is 4.43. The van der Waals surface area contributed by atoms with Gasteiger partial charge in [0, 0.05) is 19.6 Å². The van der Waals surface area contributed by atoms with Crippen LogP contribution < -0.4 is 4.74 Å². The lowest BCUT2D eigenvalue weighted by molar-refractivity contribution is -0.144. The highest BCUT2D eigenvalue weighted by molar-refractivity contribution is 5.70. The van der Waals surface area contributed by atoms with Crippen LogP contribution in [0.5, 0.6) is 5.75 Å². The van der Waals surface area contributed by atoms with E-state index in [2.05, 4.69) is 11.8 Å². The maximum Gasteiger partial charge on any atom is 0.307 e. The van der Waals surface area contributed by atoms with E-state index in [0.717, 1.165) is 25.3 Å². The van der Waals surface area contributed by atoms with Gasteiger partial charge in [-0.05, 0) is 30.0 Å². The predicted octanol–water partition coefficient (Wildman–Crippen LogP) is 2.24. The van der Waals surface area contributed by atoms with Crippen molar-refractivity contribution >= 4 is 5.97 Å². The quantitative estimate of drug-likeness (QED) is 0.905. The van der Waals surface area contributed by atoms with Gasteiger partial charge < -0.3 is 9.84 Å². The van der Waals surface area contributed by atoms with Gasteiger partial charge in [0.15, 0.2) is 0 Å². The molecule has 4 nitrogen and oxygen atoms in total. The van der Waals surface area contributed by atoms with E-state index in [-0.39, 0.29) is 5.92 Å². The van der Waals surface area contributed by atoms with Crippen molar-refractivity contribution in [2.75, 3.05) is 20.2 Å². The summed E-state index contributed by atoms with van der Waals surface area (Å²) in [5, 5.41) is 9.16. The molecule has 0 aliphatic carbocycles. The molecular formula is C15H21NO3. The van der Waals surface area contributed by atoms with Gasteiger partial charge in [0.1, 0.15) is 5.75 Å². The molecule has 1 aliphatic rings. The fourth-order valence-electron chi connectivity index (χ4n) is 2.76. The summed E-state index contributed by atoms with van der Waals surface area (Å²) in [6.45, 7) is 4.54. The van der Waals surface area contributed by atoms with Crippen molar-refractivity contribution in [1.29, 1.82) is 0 Å². The highest BCUT2D eigenvalue weighted by Gasteiger charge is 2.29. The van der Waals surface area contributed by atoms with Gasteiger partial charge in [-0.1, -0.05) is 19.1 Å². The smallest absolute Gasteiger partial charge is 0.307 e. The molecular weight excluding hydrogens is 242 g/mol. The summed E-state index contributed by atoms with van der Waals surface area (Å²) in [6.07, 6.45) is 0.786. The fourth-order valence-corrected chi connectivity index (χ4v) is 2.76. The van der Waals surface area contributed by atoms with E-state index in [1.54, 1.807) is 7.11 Å². The zero-order chi connectivity index (χ0) is 13.8. The zero-order valence-electron chi connectivity index (χ0n) is 11.5. The van der Waals surface area contributed by atoms with E-state index in [0.29, 0.717) is 12.5 Å². The summed E-state index contributed by atoms with van der Waals surface area (Å²) in [5.74, 6) is 0.376. The second kappa shape index (κ2) is 6.06. The van der Waals surface area contributed by atoms with Crippen LogP contribution in [0.2, 0.25) is 0 Å². The van der Waals surface area contributed by atoms with Gasteiger partial charge in [0.2, 0.25) is 0 Å². The van der Waals surface area contributed by atoms with E-state index < -0.39 is 5.97 Å². The molecule has 0 aromatic heterocycles. The Morgan fingerprint density at radius 2 is 2.05 bits per heavy atom. The molecule has 1 aromatic rings. The van der Waals surface area contributed by atoms with Gasteiger partial charge in [0.25, 0.3) is 0 Å². The van der Waals surface area contributed by atoms with Crippen molar-refractivity contribution in [3.8, 4) is 5.75 Å². The minimum atomic E-state index is -0.675. The number of carbonyl (C=O) groups is 1. The SMILES string of the molecule is COc1ccc(CN2CC(C)CC(C(=O)O)C2)cc1. The van der Waals surface area contributed by atoms with Gasteiger partial charge in [-0.3, -0.25) is 9.69 Å². The molecule has 1 aliphatic heterocycles. The third kappa shape index (κ3) is 3.70. The topological polar surface area (TPSA) is 49.8 Å². The molecule has 2 atom stereocenters. The molecule has 1 saturated heterocycles. The highest BCUT2D eigenvalue weighted by atomic mass is 16.5. The molecule has 1 heterocycles. The van der Waals surface area contributed by atoms with Gasteiger partial charge in [-0.25, -0.2) is 0 Å². The number of ether oxygens (including phenoxy) is 1. The van der Waals surface area contributed by atoms with Gasteiger partial charge in [-0.2, -0.15) is 0 Å². The van der Waals surface area contributed by atoms with Crippen LogP contribution in [0, 0.1) is 11.8 Å². The maximum atomic E-state index is 11.1. The number of methoxy groups -OCH3 is 1. The second-order valence-electron chi connectivity index (χ2n) is 5.42. The van der Waals surface area contributed by atoms with Crippen LogP contribution in [0.3, 0.4) is 0 Å². The van der Waals surface area contributed by atoms with Crippen LogP contribution in [0.25, 0.3) is 0 Å². The van der Waals surface area contributed by atoms with E-state index in [1.807, 2.05) is 24.3 Å². The third-order valence-electron chi connectivity index (χ3n) is 3.65. The fraction of sp³-hybridized carbons (Fsp3) is 0.533. The minimum absolute atomic E-state index is 0.234. The molecule has 19 heavy (non-hydrogen) atoms. The van der Waals surface area contributed by atoms with Crippen molar-refractivity contribution in [3.05, 3.63) is 29.8 Å². The molecule has 1 N–H and O–H groups in total. The molecule has 1 aromatic carbocycles. The Morgan fingerprint density at radius 1 is 1.37 bits per heavy atom. The number of rotatable bonds is 4. The Bertz CT molecular complexity index is 430. The molecule has 0 saturated carbocycles. The lowest BCUT2D eigenvalue weighted by Gasteiger charge is -2.34. The number of hydrogen-bond acceptors (Lipinski definition) is 3. The van der Waals surface area contributed by atoms with Crippen LogP contribution >= 0.6 is 0 Å². The van der Waals surface area contributed by atoms with E-state index in [1.165, 1.54) is 5.56 Å². The molecule has 2 unspecified atom stereocenters. The zero-order valence-corrected chi connectivity index (χ0v) is 11.5. The molecule has 0 radical (unpaired) electrons. The van der Waals surface area contributed by atoms with E-state index >= 15 is 0 Å². The Balaban J connectivity index is 1.98. The van der Waals surface area contributed by atoms with Crippen molar-refractivity contribution in [2.45, 2.75) is 19.9 Å². The Hall–Kier alpha value is -1.55. The van der Waals surface area contributed by atoms with Crippen molar-refractivity contribution in [2.24, 2.45) is 11.8 Å². The van der Waals surface area contributed by atoms with Crippen LogP contribution in [0.4, 0.5) is 0 Å². The lowest BCUT2D eigenvalue weighted by atomic mass is 9.90. The Morgan fingerprint density at radius 3 is 2.63 bits per heavy atom. The summed E-state index contributed by atoms with van der Waals surface area (Å²) >= 11 is 0. The van der Waals surface area contributed by atoms with Crippen LogP contribution in [0.1, 0.15) is 18.9 Å². The normalized spacial score (nSPS) is 24.1. The first kappa shape index (κ1) is 13.9. The van der Waals surface area contributed by atoms with Gasteiger partial charge in [-0.15, -0.1) is 0 Å². The standard InChI is InChI=1S/C15H21NO3/c1-11-7-13(15(17)18)10-16(8-11)9-12-3-5-14(19-2)6-4-12/h3-6,11,13H,7-10H2,1-2H3,(H,17,18). The number of benzene rings is 1. The number of likely N-dealkylation sites (tertiary alicyclic amines) is 1. The Labute approximate surface area is 114 Å². The maximum absolute atomic E-state index is 11.1. The van der Waals surface area contributed by atoms with Crippen LogP contribution in [-0.2, 0) is 11.3 Å². The van der Waals surface area contributed by atoms with Gasteiger partial charge in [0.05, 0.1) is 13.0 Å². The molecule has 0 spiro atoms. The highest BCUT2D eigenvalue weighted by Crippen LogP contribution is 2.23. The number of piperidine rings is 1. The number of nitrogens with zero attached hydrogens (tertiary/aromatic N) is 1. The lowest BCUT2D eigenvalue weighted by Crippen LogP contribution is -2.41. The van der Waals surface area contributed by atoms with Crippen LogP contribution in [-0.4, -0.2) is 36.2 Å². The molecule has 0 amide bonds. The average Bonchev–Trinajstić information content (AvgIpc) is 2.39. The summed E-state index contributed by atoms with van der Waals surface area (Å²) < 4.78 is 5.13. The predicted molar refractivity (Wildman–Crippen MR) is 73.2 cm³/mol. The summed E-state index contributed by atoms with van der Waals surface area (Å²) in [6, 6.07) is 7.95. The monoisotopic (exact) mass is 263 g/mol. The van der Waals surface area contributed by atoms with Gasteiger partial charge >= 0.3 is 5.97 Å². The van der Waals surface area contributed by atoms with Crippen molar-refractivity contribution < 1.29 is 14.6 Å². The largest absolute Gasteiger partial charge is 0.497 e. The molecule has 2 rings (SSSR count). The first-order valence-electron chi connectivity index (χ1n) is 6.66. The van der Waals surface area contributed by atoms with E-state index in [9.17, 15) is 4.79 Å².